The number of nitrogens with one attached hydrogen (secondary N) is 3. The van der Waals surface area contributed by atoms with Crippen LogP contribution in [0.5, 0.6) is 0 Å². The number of rotatable bonds is 6. The number of benzene rings is 1. The lowest BCUT2D eigenvalue weighted by Crippen LogP contribution is -2.42. The zero-order chi connectivity index (χ0) is 18.6. The summed E-state index contributed by atoms with van der Waals surface area (Å²) in [6, 6.07) is 4.70. The minimum Gasteiger partial charge on any atom is -0.361 e. The Morgan fingerprint density at radius 2 is 2.11 bits per heavy atom. The van der Waals surface area contributed by atoms with Gasteiger partial charge in [-0.15, -0.1) is 24.0 Å². The van der Waals surface area contributed by atoms with Crippen LogP contribution in [0.4, 0.5) is 4.39 Å². The Bertz CT molecular complexity index is 900. The van der Waals surface area contributed by atoms with Gasteiger partial charge in [0.1, 0.15) is 5.82 Å². The van der Waals surface area contributed by atoms with Crippen molar-refractivity contribution in [2.24, 2.45) is 4.99 Å². The monoisotopic (exact) mass is 509 g/mol. The summed E-state index contributed by atoms with van der Waals surface area (Å²) in [5.41, 5.74) is 1.95. The van der Waals surface area contributed by atoms with Gasteiger partial charge in [0.25, 0.3) is 0 Å². The predicted molar refractivity (Wildman–Crippen MR) is 117 cm³/mol. The number of halogens is 2. The molecule has 1 saturated heterocycles. The van der Waals surface area contributed by atoms with E-state index in [-0.39, 0.29) is 35.5 Å². The van der Waals surface area contributed by atoms with E-state index in [9.17, 15) is 12.8 Å². The Labute approximate surface area is 175 Å². The third kappa shape index (κ3) is 5.55. The van der Waals surface area contributed by atoms with Crippen molar-refractivity contribution < 1.29 is 12.8 Å². The molecule has 10 heteroatoms. The largest absolute Gasteiger partial charge is 0.361 e. The Morgan fingerprint density at radius 1 is 1.33 bits per heavy atom. The highest BCUT2D eigenvalue weighted by atomic mass is 127. The summed E-state index contributed by atoms with van der Waals surface area (Å²) >= 11 is 0. The van der Waals surface area contributed by atoms with Gasteiger partial charge in [0.2, 0.25) is 10.0 Å². The number of sulfonamides is 1. The zero-order valence-electron chi connectivity index (χ0n) is 15.2. The van der Waals surface area contributed by atoms with Gasteiger partial charge in [-0.2, -0.15) is 0 Å². The standard InChI is InChI=1S/C17H24FN5O2S.HI/c1-19-17(21-7-9-23-8-2-10-26(23,24)25)20-6-5-13-12-22-16-4-3-14(18)11-15(13)16;/h3-4,11-12,22H,2,5-10H2,1H3,(H2,19,20,21);1H. The number of guanidine groups is 1. The topological polar surface area (TPSA) is 89.6 Å². The highest BCUT2D eigenvalue weighted by Gasteiger charge is 2.27. The van der Waals surface area contributed by atoms with Gasteiger partial charge in [0.15, 0.2) is 5.96 Å². The maximum Gasteiger partial charge on any atom is 0.214 e. The fourth-order valence-electron chi connectivity index (χ4n) is 3.14. The number of nitrogens with zero attached hydrogens (tertiary/aromatic N) is 2. The van der Waals surface area contributed by atoms with Crippen LogP contribution in [-0.2, 0) is 16.4 Å². The molecule has 0 spiro atoms. The van der Waals surface area contributed by atoms with Gasteiger partial charge in [-0.25, -0.2) is 17.1 Å². The molecule has 1 aromatic carbocycles. The van der Waals surface area contributed by atoms with Crippen molar-refractivity contribution in [2.45, 2.75) is 12.8 Å². The first kappa shape index (κ1) is 21.9. The van der Waals surface area contributed by atoms with Crippen molar-refractivity contribution in [1.29, 1.82) is 0 Å². The lowest BCUT2D eigenvalue weighted by Gasteiger charge is -2.16. The summed E-state index contributed by atoms with van der Waals surface area (Å²) in [6.07, 6.45) is 3.30. The Balaban J connectivity index is 0.00000261. The second-order valence-corrected chi connectivity index (χ2v) is 8.34. The molecule has 3 rings (SSSR count). The van der Waals surface area contributed by atoms with Gasteiger partial charge in [0.05, 0.1) is 5.75 Å². The van der Waals surface area contributed by atoms with E-state index in [0.29, 0.717) is 45.0 Å². The van der Waals surface area contributed by atoms with Crippen molar-refractivity contribution in [3.8, 4) is 0 Å². The molecule has 2 heterocycles. The minimum atomic E-state index is -3.06. The molecule has 1 aromatic heterocycles. The number of aromatic nitrogens is 1. The van der Waals surface area contributed by atoms with Crippen molar-refractivity contribution in [3.05, 3.63) is 35.8 Å². The molecule has 0 radical (unpaired) electrons. The van der Waals surface area contributed by atoms with Crippen LogP contribution >= 0.6 is 24.0 Å². The van der Waals surface area contributed by atoms with Crippen molar-refractivity contribution in [1.82, 2.24) is 19.9 Å². The van der Waals surface area contributed by atoms with Crippen LogP contribution in [-0.4, -0.2) is 62.6 Å². The quantitative estimate of drug-likeness (QED) is 0.314. The van der Waals surface area contributed by atoms with Crippen LogP contribution in [0.1, 0.15) is 12.0 Å². The van der Waals surface area contributed by atoms with E-state index in [1.807, 2.05) is 6.20 Å². The smallest absolute Gasteiger partial charge is 0.214 e. The van der Waals surface area contributed by atoms with Crippen LogP contribution in [0.2, 0.25) is 0 Å². The second kappa shape index (κ2) is 9.69. The number of hydrogen-bond donors (Lipinski definition) is 3. The third-order valence-corrected chi connectivity index (χ3v) is 6.45. The molecule has 0 amide bonds. The second-order valence-electron chi connectivity index (χ2n) is 6.25. The molecule has 150 valence electrons. The Kier molecular flexibility index (Phi) is 7.86. The average molecular weight is 509 g/mol. The van der Waals surface area contributed by atoms with Crippen LogP contribution < -0.4 is 10.6 Å². The molecule has 0 unspecified atom stereocenters. The molecule has 7 nitrogen and oxygen atoms in total. The van der Waals surface area contributed by atoms with Gasteiger partial charge in [-0.1, -0.05) is 0 Å². The Hall–Kier alpha value is -1.40. The third-order valence-electron chi connectivity index (χ3n) is 4.50. The van der Waals surface area contributed by atoms with E-state index in [2.05, 4.69) is 20.6 Å². The van der Waals surface area contributed by atoms with Gasteiger partial charge < -0.3 is 15.6 Å². The Morgan fingerprint density at radius 3 is 2.81 bits per heavy atom. The summed E-state index contributed by atoms with van der Waals surface area (Å²) in [5, 5.41) is 7.21. The number of fused-ring (bicyclic) bond motifs is 1. The molecule has 1 fully saturated rings. The fourth-order valence-corrected chi connectivity index (χ4v) is 4.66. The van der Waals surface area contributed by atoms with Gasteiger partial charge in [-0.3, -0.25) is 4.99 Å². The first-order chi connectivity index (χ1) is 12.5. The lowest BCUT2D eigenvalue weighted by atomic mass is 10.1. The summed E-state index contributed by atoms with van der Waals surface area (Å²) in [5.74, 6) is 0.610. The molecule has 1 aliphatic heterocycles. The zero-order valence-corrected chi connectivity index (χ0v) is 18.3. The fraction of sp³-hybridized carbons (Fsp3) is 0.471. The highest BCUT2D eigenvalue weighted by molar-refractivity contribution is 14.0. The van der Waals surface area contributed by atoms with Gasteiger partial charge in [0, 0.05) is 50.3 Å². The number of H-pyrrole nitrogens is 1. The molecule has 27 heavy (non-hydrogen) atoms. The van der Waals surface area contributed by atoms with Crippen molar-refractivity contribution in [2.75, 3.05) is 39.0 Å². The molecule has 0 saturated carbocycles. The first-order valence-electron chi connectivity index (χ1n) is 8.67. The van der Waals surface area contributed by atoms with Crippen LogP contribution in [0.3, 0.4) is 0 Å². The number of aromatic amines is 1. The van der Waals surface area contributed by atoms with E-state index >= 15 is 0 Å². The molecule has 1 aliphatic rings. The summed E-state index contributed by atoms with van der Waals surface area (Å²) in [7, 11) is -1.39. The van der Waals surface area contributed by atoms with E-state index in [1.54, 1.807) is 13.1 Å². The minimum absolute atomic E-state index is 0. The van der Waals surface area contributed by atoms with Gasteiger partial charge >= 0.3 is 0 Å². The number of aliphatic imine (C=N–C) groups is 1. The first-order valence-corrected chi connectivity index (χ1v) is 10.3. The normalized spacial score (nSPS) is 17.0. The lowest BCUT2D eigenvalue weighted by molar-refractivity contribution is 0.445. The molecule has 3 N–H and O–H groups in total. The molecule has 0 atom stereocenters. The molecular weight excluding hydrogens is 484 g/mol. The maximum absolute atomic E-state index is 13.4. The molecule has 0 aliphatic carbocycles. The summed E-state index contributed by atoms with van der Waals surface area (Å²) in [4.78, 5) is 7.28. The van der Waals surface area contributed by atoms with E-state index in [0.717, 1.165) is 16.5 Å². The van der Waals surface area contributed by atoms with Crippen molar-refractivity contribution in [3.63, 3.8) is 0 Å². The summed E-state index contributed by atoms with van der Waals surface area (Å²) < 4.78 is 38.5. The van der Waals surface area contributed by atoms with Crippen LogP contribution in [0.25, 0.3) is 10.9 Å². The highest BCUT2D eigenvalue weighted by Crippen LogP contribution is 2.19. The van der Waals surface area contributed by atoms with Crippen LogP contribution in [0, 0.1) is 5.82 Å². The molecule has 2 aromatic rings. The van der Waals surface area contributed by atoms with E-state index < -0.39 is 10.0 Å². The number of hydrogen-bond acceptors (Lipinski definition) is 3. The van der Waals surface area contributed by atoms with Gasteiger partial charge in [-0.05, 0) is 36.6 Å². The van der Waals surface area contributed by atoms with E-state index in [1.165, 1.54) is 16.4 Å². The molecule has 0 bridgehead atoms. The van der Waals surface area contributed by atoms with Crippen molar-refractivity contribution >= 4 is 50.9 Å². The van der Waals surface area contributed by atoms with Crippen LogP contribution in [0.15, 0.2) is 29.4 Å². The predicted octanol–water partition coefficient (Wildman–Crippen LogP) is 1.67. The SMILES string of the molecule is CN=C(NCCc1c[nH]c2ccc(F)cc12)NCCN1CCCS1(=O)=O.I. The molecular formula is C17H25FIN5O2S. The van der Waals surface area contributed by atoms with E-state index in [4.69, 9.17) is 0 Å². The average Bonchev–Trinajstić information content (AvgIpc) is 3.16. The summed E-state index contributed by atoms with van der Waals surface area (Å²) in [6.45, 7) is 2.15. The maximum atomic E-state index is 13.4.